The minimum Gasteiger partial charge on any atom is -0.497 e. The van der Waals surface area contributed by atoms with Crippen LogP contribution in [-0.2, 0) is 6.42 Å². The van der Waals surface area contributed by atoms with E-state index >= 15 is 0 Å². The second kappa shape index (κ2) is 7.42. The molecule has 0 bridgehead atoms. The third-order valence-corrected chi connectivity index (χ3v) is 5.37. The van der Waals surface area contributed by atoms with Crippen LogP contribution in [0.15, 0.2) is 48.7 Å². The maximum absolute atomic E-state index is 5.22. The van der Waals surface area contributed by atoms with E-state index in [2.05, 4.69) is 35.0 Å². The Labute approximate surface area is 154 Å². The largest absolute Gasteiger partial charge is 0.497 e. The summed E-state index contributed by atoms with van der Waals surface area (Å²) in [5.74, 6) is 0.847. The van der Waals surface area contributed by atoms with Crippen molar-refractivity contribution >= 4 is 11.0 Å². The lowest BCUT2D eigenvalue weighted by atomic mass is 10.1. The molecule has 1 saturated heterocycles. The molecule has 1 fully saturated rings. The van der Waals surface area contributed by atoms with Crippen molar-refractivity contribution in [1.82, 2.24) is 14.9 Å². The van der Waals surface area contributed by atoms with E-state index in [1.165, 1.54) is 24.9 Å². The van der Waals surface area contributed by atoms with Crippen molar-refractivity contribution in [3.05, 3.63) is 54.2 Å². The zero-order valence-corrected chi connectivity index (χ0v) is 15.5. The summed E-state index contributed by atoms with van der Waals surface area (Å²) >= 11 is 0. The molecule has 0 spiro atoms. The van der Waals surface area contributed by atoms with Crippen molar-refractivity contribution in [1.29, 1.82) is 0 Å². The zero-order chi connectivity index (χ0) is 17.9. The van der Waals surface area contributed by atoms with Gasteiger partial charge in [0.1, 0.15) is 5.75 Å². The highest BCUT2D eigenvalue weighted by atomic mass is 16.5. The Morgan fingerprint density at radius 1 is 1.12 bits per heavy atom. The first kappa shape index (κ1) is 17.0. The molecule has 0 amide bonds. The number of ether oxygens (including phenoxy) is 1. The molecule has 1 aromatic heterocycles. The summed E-state index contributed by atoms with van der Waals surface area (Å²) in [7, 11) is 1.67. The van der Waals surface area contributed by atoms with Crippen LogP contribution in [0, 0.1) is 0 Å². The van der Waals surface area contributed by atoms with E-state index in [4.69, 9.17) is 9.72 Å². The lowest BCUT2D eigenvalue weighted by Crippen LogP contribution is -2.28. The minimum absolute atomic E-state index is 0.724. The van der Waals surface area contributed by atoms with E-state index in [0.29, 0.717) is 0 Å². The number of methoxy groups -OCH3 is 1. The van der Waals surface area contributed by atoms with Gasteiger partial charge in [0, 0.05) is 18.2 Å². The molecule has 4 heteroatoms. The number of rotatable bonds is 5. The summed E-state index contributed by atoms with van der Waals surface area (Å²) in [6.07, 6.45) is 5.59. The number of benzene rings is 2. The lowest BCUT2D eigenvalue weighted by Gasteiger charge is -2.20. The highest BCUT2D eigenvalue weighted by molar-refractivity contribution is 5.77. The number of nitrogens with zero attached hydrogens (tertiary/aromatic N) is 3. The van der Waals surface area contributed by atoms with E-state index in [9.17, 15) is 0 Å². The number of likely N-dealkylation sites (tertiary alicyclic amines) is 1. The predicted molar refractivity (Wildman–Crippen MR) is 105 cm³/mol. The topological polar surface area (TPSA) is 38.2 Å². The number of aromatic nitrogens is 2. The van der Waals surface area contributed by atoms with E-state index in [-0.39, 0.29) is 0 Å². The molecule has 4 nitrogen and oxygen atoms in total. The molecule has 1 aliphatic rings. The van der Waals surface area contributed by atoms with Gasteiger partial charge in [0.2, 0.25) is 0 Å². The third kappa shape index (κ3) is 3.56. The summed E-state index contributed by atoms with van der Waals surface area (Å²) < 4.78 is 5.22. The zero-order valence-electron chi connectivity index (χ0n) is 15.5. The van der Waals surface area contributed by atoms with Gasteiger partial charge in [0.25, 0.3) is 0 Å². The van der Waals surface area contributed by atoms with Gasteiger partial charge in [0.15, 0.2) is 0 Å². The number of hydrogen-bond donors (Lipinski definition) is 0. The molecule has 134 valence electrons. The predicted octanol–water partition coefficient (Wildman–Crippen LogP) is 4.33. The van der Waals surface area contributed by atoms with Crippen LogP contribution in [0.4, 0.5) is 0 Å². The van der Waals surface area contributed by atoms with Gasteiger partial charge < -0.3 is 9.64 Å². The SMILES string of the molecule is COc1ccc(-c2cnc3cc(CCN4CCC[C@H]4C)ccc3n2)cc1. The Kier molecular flexibility index (Phi) is 4.85. The first-order chi connectivity index (χ1) is 12.7. The molecule has 0 saturated carbocycles. The van der Waals surface area contributed by atoms with Gasteiger partial charge in [-0.3, -0.25) is 4.98 Å². The van der Waals surface area contributed by atoms with E-state index in [1.54, 1.807) is 7.11 Å². The molecule has 2 heterocycles. The quantitative estimate of drug-likeness (QED) is 0.688. The van der Waals surface area contributed by atoms with E-state index in [1.807, 2.05) is 30.5 Å². The summed E-state index contributed by atoms with van der Waals surface area (Å²) in [4.78, 5) is 12.0. The van der Waals surface area contributed by atoms with Crippen molar-refractivity contribution < 1.29 is 4.74 Å². The van der Waals surface area contributed by atoms with Gasteiger partial charge in [-0.1, -0.05) is 6.07 Å². The maximum atomic E-state index is 5.22. The first-order valence-electron chi connectivity index (χ1n) is 9.37. The van der Waals surface area contributed by atoms with Crippen LogP contribution < -0.4 is 4.74 Å². The Balaban J connectivity index is 1.52. The molecule has 3 aromatic rings. The molecule has 0 N–H and O–H groups in total. The molecule has 0 radical (unpaired) electrons. The standard InChI is InChI=1S/C22H25N3O/c1-16-4-3-12-25(16)13-11-17-5-10-20-21(14-17)23-15-22(24-20)18-6-8-19(26-2)9-7-18/h5-10,14-16H,3-4,11-13H2,1-2H3/t16-/m1/s1. The molecule has 26 heavy (non-hydrogen) atoms. The number of hydrogen-bond acceptors (Lipinski definition) is 4. The Hall–Kier alpha value is -2.46. The van der Waals surface area contributed by atoms with Crippen molar-refractivity contribution in [2.75, 3.05) is 20.2 Å². The monoisotopic (exact) mass is 347 g/mol. The Morgan fingerprint density at radius 3 is 2.69 bits per heavy atom. The maximum Gasteiger partial charge on any atom is 0.118 e. The van der Waals surface area contributed by atoms with E-state index in [0.717, 1.165) is 47.0 Å². The number of fused-ring (bicyclic) bond motifs is 1. The van der Waals surface area contributed by atoms with Crippen LogP contribution in [0.5, 0.6) is 5.75 Å². The van der Waals surface area contributed by atoms with Crippen LogP contribution in [0.3, 0.4) is 0 Å². The molecular weight excluding hydrogens is 322 g/mol. The van der Waals surface area contributed by atoms with Crippen LogP contribution >= 0.6 is 0 Å². The molecule has 4 rings (SSSR count). The van der Waals surface area contributed by atoms with Crippen LogP contribution in [0.1, 0.15) is 25.3 Å². The van der Waals surface area contributed by atoms with Crippen LogP contribution in [0.25, 0.3) is 22.3 Å². The molecule has 1 atom stereocenters. The van der Waals surface area contributed by atoms with Gasteiger partial charge in [-0.2, -0.15) is 0 Å². The van der Waals surface area contributed by atoms with Gasteiger partial charge in [-0.15, -0.1) is 0 Å². The van der Waals surface area contributed by atoms with Crippen molar-refractivity contribution in [2.24, 2.45) is 0 Å². The molecule has 1 aliphatic heterocycles. The van der Waals surface area contributed by atoms with Crippen molar-refractivity contribution in [3.8, 4) is 17.0 Å². The third-order valence-electron chi connectivity index (χ3n) is 5.37. The molecular formula is C22H25N3O. The fourth-order valence-electron chi connectivity index (χ4n) is 3.71. The normalized spacial score (nSPS) is 17.7. The Morgan fingerprint density at radius 2 is 1.96 bits per heavy atom. The summed E-state index contributed by atoms with van der Waals surface area (Å²) in [5.41, 5.74) is 5.18. The van der Waals surface area contributed by atoms with Crippen LogP contribution in [-0.4, -0.2) is 41.1 Å². The van der Waals surface area contributed by atoms with Crippen LogP contribution in [0.2, 0.25) is 0 Å². The highest BCUT2D eigenvalue weighted by Gasteiger charge is 2.19. The summed E-state index contributed by atoms with van der Waals surface area (Å²) in [6, 6.07) is 15.1. The fraction of sp³-hybridized carbons (Fsp3) is 0.364. The summed E-state index contributed by atoms with van der Waals surface area (Å²) in [5, 5.41) is 0. The van der Waals surface area contributed by atoms with Gasteiger partial charge in [0.05, 0.1) is 30.0 Å². The fourth-order valence-corrected chi connectivity index (χ4v) is 3.71. The summed E-state index contributed by atoms with van der Waals surface area (Å²) in [6.45, 7) is 4.70. The van der Waals surface area contributed by atoms with E-state index < -0.39 is 0 Å². The molecule has 0 aliphatic carbocycles. The minimum atomic E-state index is 0.724. The molecule has 2 aromatic carbocycles. The van der Waals surface area contributed by atoms with Gasteiger partial charge >= 0.3 is 0 Å². The van der Waals surface area contributed by atoms with Gasteiger partial charge in [-0.05, 0) is 74.7 Å². The van der Waals surface area contributed by atoms with Gasteiger partial charge in [-0.25, -0.2) is 4.98 Å². The first-order valence-corrected chi connectivity index (χ1v) is 9.37. The molecule has 0 unspecified atom stereocenters. The second-order valence-electron chi connectivity index (χ2n) is 7.08. The smallest absolute Gasteiger partial charge is 0.118 e. The Bertz CT molecular complexity index is 892. The van der Waals surface area contributed by atoms with Crippen molar-refractivity contribution in [2.45, 2.75) is 32.2 Å². The van der Waals surface area contributed by atoms with Crippen molar-refractivity contribution in [3.63, 3.8) is 0 Å². The second-order valence-corrected chi connectivity index (χ2v) is 7.08. The average Bonchev–Trinajstić information content (AvgIpc) is 3.10. The average molecular weight is 347 g/mol. The highest BCUT2D eigenvalue weighted by Crippen LogP contribution is 2.23. The lowest BCUT2D eigenvalue weighted by molar-refractivity contribution is 0.272.